The van der Waals surface area contributed by atoms with Gasteiger partial charge >= 0.3 is 0 Å². The van der Waals surface area contributed by atoms with Gasteiger partial charge in [0.05, 0.1) is 12.0 Å². The predicted molar refractivity (Wildman–Crippen MR) is 103 cm³/mol. The van der Waals surface area contributed by atoms with Crippen molar-refractivity contribution in [1.29, 1.82) is 0 Å². The molecule has 0 aliphatic carbocycles. The van der Waals surface area contributed by atoms with E-state index in [1.807, 2.05) is 4.90 Å². The van der Waals surface area contributed by atoms with Crippen molar-refractivity contribution in [3.8, 4) is 0 Å². The fourth-order valence-electron chi connectivity index (χ4n) is 3.30. The second-order valence-corrected chi connectivity index (χ2v) is 6.65. The lowest BCUT2D eigenvalue weighted by Crippen LogP contribution is -2.51. The second kappa shape index (κ2) is 11.9. The third-order valence-corrected chi connectivity index (χ3v) is 4.94. The highest BCUT2D eigenvalue weighted by Crippen LogP contribution is 2.29. The van der Waals surface area contributed by atoms with Crippen LogP contribution >= 0.6 is 24.8 Å². The molecule has 0 radical (unpaired) electrons. The minimum atomic E-state index is -0.448. The monoisotopic (exact) mass is 398 g/mol. The summed E-state index contributed by atoms with van der Waals surface area (Å²) >= 11 is 0. The molecule has 0 aromatic carbocycles. The molecule has 9 heteroatoms. The largest absolute Gasteiger partial charge is 0.384 e. The highest BCUT2D eigenvalue weighted by Gasteiger charge is 2.39. The van der Waals surface area contributed by atoms with Crippen LogP contribution in [0.3, 0.4) is 0 Å². The smallest absolute Gasteiger partial charge is 0.228 e. The lowest BCUT2D eigenvalue weighted by molar-refractivity contribution is -0.136. The molecule has 2 amide bonds. The molecular weight excluding hydrogens is 367 g/mol. The van der Waals surface area contributed by atoms with Gasteiger partial charge in [0.15, 0.2) is 0 Å². The first kappa shape index (κ1) is 24.4. The van der Waals surface area contributed by atoms with Crippen molar-refractivity contribution >= 4 is 36.6 Å². The van der Waals surface area contributed by atoms with Gasteiger partial charge in [-0.15, -0.1) is 24.8 Å². The molecule has 2 rings (SSSR count). The first-order valence-electron chi connectivity index (χ1n) is 8.52. The van der Waals surface area contributed by atoms with E-state index >= 15 is 0 Å². The Labute approximate surface area is 163 Å². The number of nitrogens with zero attached hydrogens (tertiary/aromatic N) is 2. The quantitative estimate of drug-likeness (QED) is 0.664. The molecule has 0 bridgehead atoms. The number of halogens is 2. The topological polar surface area (TPSA) is 73.9 Å². The Balaban J connectivity index is 0.00000288. The first-order valence-corrected chi connectivity index (χ1v) is 8.52. The average molecular weight is 399 g/mol. The summed E-state index contributed by atoms with van der Waals surface area (Å²) in [6.07, 6.45) is 1.93. The molecule has 0 spiro atoms. The number of piperidine rings is 1. The van der Waals surface area contributed by atoms with E-state index < -0.39 is 5.41 Å². The van der Waals surface area contributed by atoms with Crippen molar-refractivity contribution in [3.05, 3.63) is 0 Å². The first-order chi connectivity index (χ1) is 11.1. The zero-order chi connectivity index (χ0) is 16.7. The number of methoxy groups -OCH3 is 1. The van der Waals surface area contributed by atoms with Crippen molar-refractivity contribution in [3.63, 3.8) is 0 Å². The predicted octanol–water partition coefficient (Wildman–Crippen LogP) is 0.127. The summed E-state index contributed by atoms with van der Waals surface area (Å²) in [5.74, 6) is 0.150. The van der Waals surface area contributed by atoms with E-state index in [1.165, 1.54) is 0 Å². The average Bonchev–Trinajstić information content (AvgIpc) is 2.56. The lowest BCUT2D eigenvalue weighted by Gasteiger charge is -2.35. The number of piperazine rings is 1. The molecule has 0 unspecified atom stereocenters. The number of ether oxygens (including phenoxy) is 1. The van der Waals surface area contributed by atoms with Crippen LogP contribution in [0.4, 0.5) is 0 Å². The number of hydrogen-bond donors (Lipinski definition) is 2. The van der Waals surface area contributed by atoms with E-state index in [1.54, 1.807) is 7.11 Å². The maximum atomic E-state index is 12.6. The lowest BCUT2D eigenvalue weighted by atomic mass is 9.78. The maximum absolute atomic E-state index is 12.6. The van der Waals surface area contributed by atoms with Gasteiger partial charge < -0.3 is 25.2 Å². The van der Waals surface area contributed by atoms with E-state index in [-0.39, 0.29) is 36.6 Å². The van der Waals surface area contributed by atoms with Crippen LogP contribution in [0.1, 0.15) is 19.3 Å². The van der Waals surface area contributed by atoms with Crippen LogP contribution in [-0.4, -0.2) is 88.2 Å². The van der Waals surface area contributed by atoms with Gasteiger partial charge in [-0.1, -0.05) is 0 Å². The molecule has 2 N–H and O–H groups in total. The molecule has 0 aromatic rings. The summed E-state index contributed by atoms with van der Waals surface area (Å²) in [5.41, 5.74) is -0.448. The highest BCUT2D eigenvalue weighted by molar-refractivity contribution is 5.85. The summed E-state index contributed by atoms with van der Waals surface area (Å²) < 4.78 is 5.27. The minimum absolute atomic E-state index is 0. The Morgan fingerprint density at radius 1 is 1.12 bits per heavy atom. The van der Waals surface area contributed by atoms with Crippen LogP contribution in [0, 0.1) is 5.41 Å². The standard InChI is InChI=1S/C16H30N4O3.2ClH/c1-19-9-11-20(12-10-19)14(21)3-6-18-15(22)16(13-23-2)4-7-17-8-5-16;;/h17H,3-13H2,1-2H3,(H,18,22);2*1H. The molecule has 148 valence electrons. The molecule has 7 nitrogen and oxygen atoms in total. The van der Waals surface area contributed by atoms with Crippen molar-refractivity contribution in [2.75, 3.05) is 66.6 Å². The van der Waals surface area contributed by atoms with Gasteiger partial charge in [0.2, 0.25) is 11.8 Å². The Morgan fingerprint density at radius 2 is 1.72 bits per heavy atom. The third-order valence-electron chi connectivity index (χ3n) is 4.94. The zero-order valence-electron chi connectivity index (χ0n) is 15.2. The molecule has 2 aliphatic rings. The molecule has 0 atom stereocenters. The Kier molecular flexibility index (Phi) is 11.6. The molecular formula is C16H32Cl2N4O3. The van der Waals surface area contributed by atoms with Crippen LogP contribution in [0.5, 0.6) is 0 Å². The van der Waals surface area contributed by atoms with Gasteiger partial charge in [-0.2, -0.15) is 0 Å². The van der Waals surface area contributed by atoms with Crippen LogP contribution < -0.4 is 10.6 Å². The van der Waals surface area contributed by atoms with Crippen molar-refractivity contribution < 1.29 is 14.3 Å². The summed E-state index contributed by atoms with van der Waals surface area (Å²) in [6.45, 7) is 5.90. The normalized spacial score (nSPS) is 20.2. The van der Waals surface area contributed by atoms with Crippen molar-refractivity contribution in [2.24, 2.45) is 5.41 Å². The van der Waals surface area contributed by atoms with Gasteiger partial charge in [-0.05, 0) is 33.0 Å². The second-order valence-electron chi connectivity index (χ2n) is 6.65. The molecule has 2 aliphatic heterocycles. The summed E-state index contributed by atoms with van der Waals surface area (Å²) in [7, 11) is 3.70. The Morgan fingerprint density at radius 3 is 2.28 bits per heavy atom. The fourth-order valence-corrected chi connectivity index (χ4v) is 3.30. The minimum Gasteiger partial charge on any atom is -0.384 e. The van der Waals surface area contributed by atoms with Crippen molar-refractivity contribution in [2.45, 2.75) is 19.3 Å². The van der Waals surface area contributed by atoms with Crippen LogP contribution in [0.15, 0.2) is 0 Å². The summed E-state index contributed by atoms with van der Waals surface area (Å²) in [6, 6.07) is 0. The van der Waals surface area contributed by atoms with Gasteiger partial charge in [-0.25, -0.2) is 0 Å². The van der Waals surface area contributed by atoms with E-state index in [0.29, 0.717) is 19.6 Å². The number of carbonyl (C=O) groups is 2. The van der Waals surface area contributed by atoms with E-state index in [4.69, 9.17) is 4.74 Å². The molecule has 2 fully saturated rings. The number of hydrogen-bond acceptors (Lipinski definition) is 5. The van der Waals surface area contributed by atoms with E-state index in [0.717, 1.165) is 52.1 Å². The fraction of sp³-hybridized carbons (Fsp3) is 0.875. The van der Waals surface area contributed by atoms with Crippen LogP contribution in [0.25, 0.3) is 0 Å². The van der Waals surface area contributed by atoms with Crippen molar-refractivity contribution in [1.82, 2.24) is 20.4 Å². The van der Waals surface area contributed by atoms with Gasteiger partial charge in [0, 0.05) is 46.3 Å². The Bertz CT molecular complexity index is 407. The van der Waals surface area contributed by atoms with Gasteiger partial charge in [-0.3, -0.25) is 9.59 Å². The highest BCUT2D eigenvalue weighted by atomic mass is 35.5. The summed E-state index contributed by atoms with van der Waals surface area (Å²) in [5, 5.41) is 6.23. The number of amides is 2. The number of carbonyl (C=O) groups excluding carboxylic acids is 2. The Hall–Kier alpha value is -0.600. The number of rotatable bonds is 6. The van der Waals surface area contributed by atoms with Gasteiger partial charge in [0.1, 0.15) is 0 Å². The number of likely N-dealkylation sites (N-methyl/N-ethyl adjacent to an activating group) is 1. The third kappa shape index (κ3) is 6.90. The SMILES string of the molecule is COCC1(C(=O)NCCC(=O)N2CCN(C)CC2)CCNCC1.Cl.Cl. The summed E-state index contributed by atoms with van der Waals surface area (Å²) in [4.78, 5) is 28.9. The molecule has 25 heavy (non-hydrogen) atoms. The van der Waals surface area contributed by atoms with E-state index in [2.05, 4.69) is 22.6 Å². The maximum Gasteiger partial charge on any atom is 0.228 e. The van der Waals surface area contributed by atoms with Gasteiger partial charge in [0.25, 0.3) is 0 Å². The van der Waals surface area contributed by atoms with Crippen LogP contribution in [-0.2, 0) is 14.3 Å². The van der Waals surface area contributed by atoms with E-state index in [9.17, 15) is 9.59 Å². The number of nitrogens with one attached hydrogen (secondary N) is 2. The molecule has 2 saturated heterocycles. The zero-order valence-corrected chi connectivity index (χ0v) is 16.8. The molecule has 2 heterocycles. The molecule has 0 saturated carbocycles. The van der Waals surface area contributed by atoms with Crippen LogP contribution in [0.2, 0.25) is 0 Å². The molecule has 0 aromatic heterocycles.